The number of urea groups is 1. The van der Waals surface area contributed by atoms with Gasteiger partial charge in [-0.05, 0) is 18.2 Å². The van der Waals surface area contributed by atoms with Crippen LogP contribution in [-0.4, -0.2) is 36.9 Å². The van der Waals surface area contributed by atoms with Crippen LogP contribution in [0.25, 0.3) is 0 Å². The van der Waals surface area contributed by atoms with E-state index in [2.05, 4.69) is 15.4 Å². The Kier molecular flexibility index (Phi) is 5.53. The first-order valence-corrected chi connectivity index (χ1v) is 5.56. The van der Waals surface area contributed by atoms with Gasteiger partial charge in [0, 0.05) is 12.8 Å². The molecule has 0 saturated heterocycles. The molecule has 0 bridgehead atoms. The van der Waals surface area contributed by atoms with E-state index in [1.54, 1.807) is 0 Å². The minimum Gasteiger partial charge on any atom is -0.480 e. The van der Waals surface area contributed by atoms with E-state index >= 15 is 0 Å². The number of rotatable bonds is 5. The van der Waals surface area contributed by atoms with Crippen LogP contribution in [0.5, 0.6) is 0 Å². The van der Waals surface area contributed by atoms with Gasteiger partial charge in [0.25, 0.3) is 0 Å². The number of halogens is 2. The topological polar surface area (TPSA) is 87.7 Å². The van der Waals surface area contributed by atoms with Gasteiger partial charge in [-0.1, -0.05) is 11.6 Å². The predicted molar refractivity (Wildman–Crippen MR) is 66.9 cm³/mol. The Bertz CT molecular complexity index is 484. The van der Waals surface area contributed by atoms with Gasteiger partial charge in [0.1, 0.15) is 5.82 Å². The summed E-state index contributed by atoms with van der Waals surface area (Å²) in [6, 6.07) is 1.66. The quantitative estimate of drug-likeness (QED) is 0.770. The number of ether oxygens (including phenoxy) is 1. The Hall–Kier alpha value is -1.86. The molecule has 104 valence electrons. The maximum absolute atomic E-state index is 12.9. The van der Waals surface area contributed by atoms with Crippen LogP contribution >= 0.6 is 11.6 Å². The van der Waals surface area contributed by atoms with Crippen LogP contribution in [-0.2, 0) is 9.53 Å². The van der Waals surface area contributed by atoms with Gasteiger partial charge in [-0.15, -0.1) is 0 Å². The third kappa shape index (κ3) is 4.72. The number of benzene rings is 1. The lowest BCUT2D eigenvalue weighted by atomic mass is 10.3. The summed E-state index contributed by atoms with van der Waals surface area (Å²) < 4.78 is 17.6. The van der Waals surface area contributed by atoms with Crippen molar-refractivity contribution < 1.29 is 23.8 Å². The molecule has 2 amide bonds. The molecule has 0 aliphatic rings. The number of carboxylic acid groups (broad SMARTS) is 1. The van der Waals surface area contributed by atoms with Crippen molar-refractivity contribution >= 4 is 29.3 Å². The summed E-state index contributed by atoms with van der Waals surface area (Å²) >= 11 is 5.54. The number of anilines is 1. The second-order valence-corrected chi connectivity index (χ2v) is 3.98. The summed E-state index contributed by atoms with van der Waals surface area (Å²) in [6.45, 7) is -0.174. The van der Waals surface area contributed by atoms with E-state index in [0.29, 0.717) is 0 Å². The largest absolute Gasteiger partial charge is 0.480 e. The fourth-order valence-corrected chi connectivity index (χ4v) is 1.42. The Labute approximate surface area is 113 Å². The van der Waals surface area contributed by atoms with E-state index in [9.17, 15) is 14.0 Å². The molecule has 0 aliphatic heterocycles. The maximum Gasteiger partial charge on any atom is 0.328 e. The monoisotopic (exact) mass is 290 g/mol. The molecule has 0 radical (unpaired) electrons. The number of methoxy groups -OCH3 is 1. The normalized spacial score (nSPS) is 11.7. The summed E-state index contributed by atoms with van der Waals surface area (Å²) in [5.74, 6) is -1.84. The number of carboxylic acids is 1. The molecule has 6 nitrogen and oxygen atoms in total. The zero-order chi connectivity index (χ0) is 14.4. The third-order valence-electron chi connectivity index (χ3n) is 2.11. The van der Waals surface area contributed by atoms with Crippen LogP contribution in [0.15, 0.2) is 18.2 Å². The van der Waals surface area contributed by atoms with Crippen LogP contribution in [0.4, 0.5) is 14.9 Å². The lowest BCUT2D eigenvalue weighted by Gasteiger charge is -2.14. The summed E-state index contributed by atoms with van der Waals surface area (Å²) in [5, 5.41) is 13.2. The average molecular weight is 291 g/mol. The van der Waals surface area contributed by atoms with Gasteiger partial charge < -0.3 is 20.5 Å². The molecular weight excluding hydrogens is 279 g/mol. The molecule has 0 fully saturated rings. The summed E-state index contributed by atoms with van der Waals surface area (Å²) in [6.07, 6.45) is 0. The molecule has 19 heavy (non-hydrogen) atoms. The van der Waals surface area contributed by atoms with Gasteiger partial charge in [0.2, 0.25) is 0 Å². The molecular formula is C11H12ClFN2O4. The standard InChI is InChI=1S/C11H12ClFN2O4/c1-19-5-9(10(16)17)15-11(18)14-6-2-3-8(13)7(12)4-6/h2-4,9H,5H2,1H3,(H,16,17)(H2,14,15,18). The van der Waals surface area contributed by atoms with Crippen LogP contribution in [0.3, 0.4) is 0 Å². The minimum atomic E-state index is -1.23. The summed E-state index contributed by atoms with van der Waals surface area (Å²) in [7, 11) is 1.31. The molecule has 3 N–H and O–H groups in total. The van der Waals surface area contributed by atoms with Gasteiger partial charge in [-0.2, -0.15) is 0 Å². The van der Waals surface area contributed by atoms with Gasteiger partial charge >= 0.3 is 12.0 Å². The number of amides is 2. The summed E-state index contributed by atoms with van der Waals surface area (Å²) in [4.78, 5) is 22.3. The average Bonchev–Trinajstić information content (AvgIpc) is 2.33. The van der Waals surface area contributed by atoms with Gasteiger partial charge in [0.05, 0.1) is 11.6 Å². The molecule has 0 saturated carbocycles. The van der Waals surface area contributed by atoms with Gasteiger partial charge in [-0.25, -0.2) is 14.0 Å². The van der Waals surface area contributed by atoms with E-state index < -0.39 is 23.9 Å². The van der Waals surface area contributed by atoms with Crippen LogP contribution in [0.1, 0.15) is 0 Å². The first-order chi connectivity index (χ1) is 8.93. The van der Waals surface area contributed by atoms with Crippen molar-refractivity contribution in [3.05, 3.63) is 29.0 Å². The van der Waals surface area contributed by atoms with Crippen LogP contribution in [0.2, 0.25) is 5.02 Å². The molecule has 1 aromatic carbocycles. The van der Waals surface area contributed by atoms with E-state index in [1.807, 2.05) is 0 Å². The molecule has 1 unspecified atom stereocenters. The zero-order valence-electron chi connectivity index (χ0n) is 9.94. The third-order valence-corrected chi connectivity index (χ3v) is 2.40. The van der Waals surface area contributed by atoms with Crippen molar-refractivity contribution in [2.45, 2.75) is 6.04 Å². The number of aliphatic carboxylic acids is 1. The van der Waals surface area contributed by atoms with Crippen molar-refractivity contribution in [3.8, 4) is 0 Å². The molecule has 0 spiro atoms. The molecule has 0 aromatic heterocycles. The minimum absolute atomic E-state index is 0.149. The zero-order valence-corrected chi connectivity index (χ0v) is 10.7. The molecule has 1 aromatic rings. The Morgan fingerprint density at radius 3 is 2.74 bits per heavy atom. The first-order valence-electron chi connectivity index (χ1n) is 5.18. The fourth-order valence-electron chi connectivity index (χ4n) is 1.24. The second kappa shape index (κ2) is 6.91. The highest BCUT2D eigenvalue weighted by Gasteiger charge is 2.19. The van der Waals surface area contributed by atoms with Crippen LogP contribution in [0, 0.1) is 5.82 Å². The van der Waals surface area contributed by atoms with E-state index in [4.69, 9.17) is 16.7 Å². The SMILES string of the molecule is COCC(NC(=O)Nc1ccc(F)c(Cl)c1)C(=O)O. The van der Waals surface area contributed by atoms with Crippen molar-refractivity contribution in [3.63, 3.8) is 0 Å². The number of carbonyl (C=O) groups excluding carboxylic acids is 1. The highest BCUT2D eigenvalue weighted by molar-refractivity contribution is 6.31. The van der Waals surface area contributed by atoms with E-state index in [1.165, 1.54) is 19.2 Å². The highest BCUT2D eigenvalue weighted by atomic mass is 35.5. The number of carbonyl (C=O) groups is 2. The molecule has 8 heteroatoms. The molecule has 1 rings (SSSR count). The predicted octanol–water partition coefficient (Wildman–Crippen LogP) is 1.70. The van der Waals surface area contributed by atoms with E-state index in [0.717, 1.165) is 6.07 Å². The van der Waals surface area contributed by atoms with Crippen molar-refractivity contribution in [2.75, 3.05) is 19.0 Å². The number of hydrogen-bond donors (Lipinski definition) is 3. The summed E-state index contributed by atoms with van der Waals surface area (Å²) in [5.41, 5.74) is 0.241. The van der Waals surface area contributed by atoms with E-state index in [-0.39, 0.29) is 17.3 Å². The number of hydrogen-bond acceptors (Lipinski definition) is 3. The van der Waals surface area contributed by atoms with Crippen molar-refractivity contribution in [2.24, 2.45) is 0 Å². The Morgan fingerprint density at radius 1 is 1.53 bits per heavy atom. The fraction of sp³-hybridized carbons (Fsp3) is 0.273. The van der Waals surface area contributed by atoms with Crippen molar-refractivity contribution in [1.82, 2.24) is 5.32 Å². The molecule has 0 aliphatic carbocycles. The smallest absolute Gasteiger partial charge is 0.328 e. The molecule has 0 heterocycles. The second-order valence-electron chi connectivity index (χ2n) is 3.57. The lowest BCUT2D eigenvalue weighted by molar-refractivity contribution is -0.140. The molecule has 1 atom stereocenters. The Balaban J connectivity index is 2.63. The first kappa shape index (κ1) is 15.2. The van der Waals surface area contributed by atoms with Crippen molar-refractivity contribution in [1.29, 1.82) is 0 Å². The van der Waals surface area contributed by atoms with Crippen LogP contribution < -0.4 is 10.6 Å². The highest BCUT2D eigenvalue weighted by Crippen LogP contribution is 2.19. The van der Waals surface area contributed by atoms with Gasteiger partial charge in [0.15, 0.2) is 6.04 Å². The van der Waals surface area contributed by atoms with Gasteiger partial charge in [-0.3, -0.25) is 0 Å². The lowest BCUT2D eigenvalue weighted by Crippen LogP contribution is -2.45. The Morgan fingerprint density at radius 2 is 2.21 bits per heavy atom. The maximum atomic E-state index is 12.9. The number of nitrogens with one attached hydrogen (secondary N) is 2.